The fraction of sp³-hybridized carbons (Fsp3) is 0.412. The quantitative estimate of drug-likeness (QED) is 0.484. The molecule has 0 bridgehead atoms. The fourth-order valence-electron chi connectivity index (χ4n) is 2.52. The first-order valence-corrected chi connectivity index (χ1v) is 9.18. The van der Waals surface area contributed by atoms with Gasteiger partial charge >= 0.3 is 0 Å². The molecule has 0 amide bonds. The van der Waals surface area contributed by atoms with Gasteiger partial charge in [0.2, 0.25) is 0 Å². The second-order valence-corrected chi connectivity index (χ2v) is 7.05. The maximum absolute atomic E-state index is 13.6. The summed E-state index contributed by atoms with van der Waals surface area (Å²) in [5, 5.41) is 0. The van der Waals surface area contributed by atoms with Gasteiger partial charge < -0.3 is 0 Å². The van der Waals surface area contributed by atoms with Gasteiger partial charge in [-0.05, 0) is 31.0 Å². The van der Waals surface area contributed by atoms with Gasteiger partial charge in [-0.15, -0.1) is 13.2 Å². The SMILES string of the molecule is C=CCN(CC=C)[C@@H](C[C@H](C)OS(C)(=O)=O)c1cccc(F)c1. The van der Waals surface area contributed by atoms with E-state index in [1.807, 2.05) is 11.0 Å². The highest BCUT2D eigenvalue weighted by Crippen LogP contribution is 2.27. The van der Waals surface area contributed by atoms with Crippen LogP contribution in [0.4, 0.5) is 4.39 Å². The first-order valence-electron chi connectivity index (χ1n) is 7.36. The predicted molar refractivity (Wildman–Crippen MR) is 91.1 cm³/mol. The van der Waals surface area contributed by atoms with E-state index in [1.54, 1.807) is 25.1 Å². The zero-order chi connectivity index (χ0) is 17.5. The Balaban J connectivity index is 3.08. The van der Waals surface area contributed by atoms with Crippen LogP contribution in [0, 0.1) is 5.82 Å². The summed E-state index contributed by atoms with van der Waals surface area (Å²) in [5.74, 6) is -0.332. The van der Waals surface area contributed by atoms with Gasteiger partial charge in [-0.3, -0.25) is 9.08 Å². The third-order valence-electron chi connectivity index (χ3n) is 3.30. The van der Waals surface area contributed by atoms with Crippen LogP contribution >= 0.6 is 0 Å². The van der Waals surface area contributed by atoms with Crippen LogP contribution in [0.2, 0.25) is 0 Å². The molecule has 0 saturated carbocycles. The Bertz CT molecular complexity index is 620. The van der Waals surface area contributed by atoms with E-state index in [9.17, 15) is 12.8 Å². The summed E-state index contributed by atoms with van der Waals surface area (Å²) in [7, 11) is -3.54. The van der Waals surface area contributed by atoms with Crippen molar-refractivity contribution in [1.82, 2.24) is 4.90 Å². The summed E-state index contributed by atoms with van der Waals surface area (Å²) in [5.41, 5.74) is 0.762. The Hall–Kier alpha value is -1.50. The first-order chi connectivity index (χ1) is 10.8. The number of benzene rings is 1. The molecular formula is C17H24FNO3S. The van der Waals surface area contributed by atoms with Crippen LogP contribution in [0.25, 0.3) is 0 Å². The number of nitrogens with zero attached hydrogens (tertiary/aromatic N) is 1. The van der Waals surface area contributed by atoms with E-state index in [1.165, 1.54) is 12.1 Å². The van der Waals surface area contributed by atoms with E-state index in [2.05, 4.69) is 13.2 Å². The molecule has 0 saturated heterocycles. The maximum atomic E-state index is 13.6. The lowest BCUT2D eigenvalue weighted by Crippen LogP contribution is -2.32. The van der Waals surface area contributed by atoms with Crippen LogP contribution < -0.4 is 0 Å². The molecule has 23 heavy (non-hydrogen) atoms. The van der Waals surface area contributed by atoms with Crippen LogP contribution in [-0.4, -0.2) is 38.8 Å². The van der Waals surface area contributed by atoms with Gasteiger partial charge in [-0.1, -0.05) is 24.3 Å². The summed E-state index contributed by atoms with van der Waals surface area (Å²) < 4.78 is 41.2. The number of hydrogen-bond donors (Lipinski definition) is 0. The molecule has 1 aromatic carbocycles. The smallest absolute Gasteiger partial charge is 0.264 e. The van der Waals surface area contributed by atoms with Crippen molar-refractivity contribution in [3.63, 3.8) is 0 Å². The van der Waals surface area contributed by atoms with Crippen molar-refractivity contribution in [2.45, 2.75) is 25.5 Å². The van der Waals surface area contributed by atoms with Crippen molar-refractivity contribution in [2.24, 2.45) is 0 Å². The molecule has 2 atom stereocenters. The van der Waals surface area contributed by atoms with Gasteiger partial charge in [0.1, 0.15) is 5.82 Å². The molecule has 0 aromatic heterocycles. The molecule has 0 aliphatic heterocycles. The minimum absolute atomic E-state index is 0.210. The van der Waals surface area contributed by atoms with Crippen LogP contribution in [0.5, 0.6) is 0 Å². The van der Waals surface area contributed by atoms with Crippen LogP contribution in [0.3, 0.4) is 0 Å². The van der Waals surface area contributed by atoms with Crippen molar-refractivity contribution in [3.8, 4) is 0 Å². The molecule has 1 rings (SSSR count). The number of hydrogen-bond acceptors (Lipinski definition) is 4. The zero-order valence-electron chi connectivity index (χ0n) is 13.6. The molecule has 0 heterocycles. The highest BCUT2D eigenvalue weighted by Gasteiger charge is 2.23. The number of halogens is 1. The van der Waals surface area contributed by atoms with Crippen molar-refractivity contribution >= 4 is 10.1 Å². The van der Waals surface area contributed by atoms with Gasteiger partial charge in [0, 0.05) is 19.1 Å². The minimum atomic E-state index is -3.54. The molecule has 0 unspecified atom stereocenters. The van der Waals surface area contributed by atoms with Crippen molar-refractivity contribution < 1.29 is 17.0 Å². The molecule has 1 aromatic rings. The molecule has 128 valence electrons. The van der Waals surface area contributed by atoms with Crippen molar-refractivity contribution in [3.05, 3.63) is 61.0 Å². The lowest BCUT2D eigenvalue weighted by Gasteiger charge is -2.32. The standard InChI is InChI=1S/C17H24FNO3S/c1-5-10-19(11-6-2)17(12-14(3)22-23(4,20)21)15-8-7-9-16(18)13-15/h5-9,13-14,17H,1-2,10-12H2,3-4H3/t14-,17-/m0/s1. The third-order valence-corrected chi connectivity index (χ3v) is 3.97. The first kappa shape index (κ1) is 19.5. The van der Waals surface area contributed by atoms with E-state index < -0.39 is 16.2 Å². The molecule has 6 heteroatoms. The molecule has 4 nitrogen and oxygen atoms in total. The molecule has 0 fully saturated rings. The van der Waals surface area contributed by atoms with E-state index >= 15 is 0 Å². The highest BCUT2D eigenvalue weighted by molar-refractivity contribution is 7.86. The molecule has 0 radical (unpaired) electrons. The van der Waals surface area contributed by atoms with Crippen LogP contribution in [0.15, 0.2) is 49.6 Å². The molecule has 0 aliphatic rings. The predicted octanol–water partition coefficient (Wildman–Crippen LogP) is 3.30. The number of rotatable bonds is 10. The minimum Gasteiger partial charge on any atom is -0.289 e. The molecular weight excluding hydrogens is 317 g/mol. The van der Waals surface area contributed by atoms with Crippen molar-refractivity contribution in [1.29, 1.82) is 0 Å². The van der Waals surface area contributed by atoms with E-state index in [0.29, 0.717) is 19.5 Å². The summed E-state index contributed by atoms with van der Waals surface area (Å²) >= 11 is 0. The van der Waals surface area contributed by atoms with Gasteiger partial charge in [0.15, 0.2) is 0 Å². The summed E-state index contributed by atoms with van der Waals surface area (Å²) in [6.07, 6.45) is 4.38. The van der Waals surface area contributed by atoms with Gasteiger partial charge in [0.05, 0.1) is 12.4 Å². The average molecular weight is 341 g/mol. The monoisotopic (exact) mass is 341 g/mol. The second kappa shape index (κ2) is 8.96. The Labute approximate surface area is 138 Å². The second-order valence-electron chi connectivity index (χ2n) is 5.45. The summed E-state index contributed by atoms with van der Waals surface area (Å²) in [6.45, 7) is 10.3. The average Bonchev–Trinajstić information content (AvgIpc) is 2.43. The van der Waals surface area contributed by atoms with Crippen LogP contribution in [0.1, 0.15) is 24.9 Å². The molecule has 0 spiro atoms. The fourth-order valence-corrected chi connectivity index (χ4v) is 3.20. The van der Waals surface area contributed by atoms with Gasteiger partial charge in [-0.2, -0.15) is 8.42 Å². The van der Waals surface area contributed by atoms with E-state index in [0.717, 1.165) is 11.8 Å². The highest BCUT2D eigenvalue weighted by atomic mass is 32.2. The summed E-state index contributed by atoms with van der Waals surface area (Å²) in [6, 6.07) is 6.08. The Morgan fingerprint density at radius 3 is 2.39 bits per heavy atom. The lowest BCUT2D eigenvalue weighted by molar-refractivity contribution is 0.147. The Morgan fingerprint density at radius 1 is 1.30 bits per heavy atom. The van der Waals surface area contributed by atoms with E-state index in [-0.39, 0.29) is 11.9 Å². The Morgan fingerprint density at radius 2 is 1.91 bits per heavy atom. The van der Waals surface area contributed by atoms with Crippen LogP contribution in [-0.2, 0) is 14.3 Å². The normalized spacial score (nSPS) is 14.4. The topological polar surface area (TPSA) is 46.6 Å². The van der Waals surface area contributed by atoms with E-state index in [4.69, 9.17) is 4.18 Å². The van der Waals surface area contributed by atoms with Gasteiger partial charge in [0.25, 0.3) is 10.1 Å². The van der Waals surface area contributed by atoms with Gasteiger partial charge in [-0.25, -0.2) is 4.39 Å². The third kappa shape index (κ3) is 7.07. The van der Waals surface area contributed by atoms with Crippen molar-refractivity contribution in [2.75, 3.05) is 19.3 Å². The molecule has 0 aliphatic carbocycles. The molecule has 0 N–H and O–H groups in total. The Kier molecular flexibility index (Phi) is 7.61. The zero-order valence-corrected chi connectivity index (χ0v) is 14.4. The lowest BCUT2D eigenvalue weighted by atomic mass is 9.99. The largest absolute Gasteiger partial charge is 0.289 e. The maximum Gasteiger partial charge on any atom is 0.264 e. The summed E-state index contributed by atoms with van der Waals surface area (Å²) in [4.78, 5) is 2.04.